The SMILES string of the molecule is CSCCC(N)C(=O)[C@](N)(CCCNC(N)=O)C(=O)O. The predicted molar refractivity (Wildman–Crippen MR) is 77.4 cm³/mol. The summed E-state index contributed by atoms with van der Waals surface area (Å²) >= 11 is 1.51. The molecule has 20 heavy (non-hydrogen) atoms. The molecule has 0 saturated heterocycles. The maximum Gasteiger partial charge on any atom is 0.331 e. The number of urea groups is 1. The fourth-order valence-corrected chi connectivity index (χ4v) is 2.11. The molecular weight excluding hydrogens is 284 g/mol. The second kappa shape index (κ2) is 8.77. The first-order chi connectivity index (χ1) is 9.25. The van der Waals surface area contributed by atoms with Gasteiger partial charge in [-0.15, -0.1) is 0 Å². The smallest absolute Gasteiger partial charge is 0.331 e. The Bertz CT molecular complexity index is 366. The van der Waals surface area contributed by atoms with Crippen molar-refractivity contribution in [2.45, 2.75) is 30.8 Å². The second-order valence-electron chi connectivity index (χ2n) is 4.42. The van der Waals surface area contributed by atoms with Gasteiger partial charge in [0, 0.05) is 6.54 Å². The molecule has 0 fully saturated rings. The van der Waals surface area contributed by atoms with Gasteiger partial charge in [0.2, 0.25) is 0 Å². The van der Waals surface area contributed by atoms with Crippen molar-refractivity contribution in [3.8, 4) is 0 Å². The van der Waals surface area contributed by atoms with E-state index in [2.05, 4.69) is 5.32 Å². The van der Waals surface area contributed by atoms with E-state index in [1.807, 2.05) is 6.26 Å². The number of nitrogens with two attached hydrogens (primary N) is 3. The van der Waals surface area contributed by atoms with Gasteiger partial charge in [-0.1, -0.05) is 0 Å². The van der Waals surface area contributed by atoms with Crippen molar-refractivity contribution in [2.24, 2.45) is 17.2 Å². The van der Waals surface area contributed by atoms with Crippen molar-refractivity contribution in [3.05, 3.63) is 0 Å². The normalized spacial score (nSPS) is 15.2. The number of thioether (sulfide) groups is 1. The molecule has 0 aromatic heterocycles. The topological polar surface area (TPSA) is 162 Å². The van der Waals surface area contributed by atoms with Crippen molar-refractivity contribution in [3.63, 3.8) is 0 Å². The molecule has 8 N–H and O–H groups in total. The van der Waals surface area contributed by atoms with Crippen LogP contribution in [0.4, 0.5) is 4.79 Å². The Morgan fingerprint density at radius 1 is 1.40 bits per heavy atom. The van der Waals surface area contributed by atoms with Gasteiger partial charge < -0.3 is 27.6 Å². The minimum atomic E-state index is -2.03. The summed E-state index contributed by atoms with van der Waals surface area (Å²) in [5.41, 5.74) is 14.2. The van der Waals surface area contributed by atoms with Crippen LogP contribution in [0.2, 0.25) is 0 Å². The lowest BCUT2D eigenvalue weighted by Gasteiger charge is -2.26. The highest BCUT2D eigenvalue weighted by Gasteiger charge is 2.43. The van der Waals surface area contributed by atoms with Gasteiger partial charge in [0.05, 0.1) is 6.04 Å². The number of ketones is 1. The third kappa shape index (κ3) is 5.76. The van der Waals surface area contributed by atoms with Crippen LogP contribution in [0.15, 0.2) is 0 Å². The second-order valence-corrected chi connectivity index (χ2v) is 5.41. The third-order valence-electron chi connectivity index (χ3n) is 2.84. The average Bonchev–Trinajstić information content (AvgIpc) is 2.39. The molecule has 1 unspecified atom stereocenters. The number of primary amides is 1. The highest BCUT2D eigenvalue weighted by Crippen LogP contribution is 2.15. The standard InChI is InChI=1S/C11H22N4O4S/c1-20-6-3-7(12)8(16)11(14,9(17)18)4-2-5-15-10(13)19/h7H,2-6,12,14H2,1H3,(H,17,18)(H3,13,15,19)/t7?,11-/m1/s1. The molecule has 0 aromatic carbocycles. The quantitative estimate of drug-likeness (QED) is 0.252. The first-order valence-corrected chi connectivity index (χ1v) is 7.49. The average molecular weight is 306 g/mol. The van der Waals surface area contributed by atoms with E-state index in [0.717, 1.165) is 0 Å². The minimum absolute atomic E-state index is 0.117. The molecule has 0 spiro atoms. The number of nitrogens with one attached hydrogen (secondary N) is 1. The van der Waals surface area contributed by atoms with Gasteiger partial charge in [-0.25, -0.2) is 9.59 Å². The molecule has 2 atom stereocenters. The van der Waals surface area contributed by atoms with Crippen molar-refractivity contribution >= 4 is 29.5 Å². The zero-order chi connectivity index (χ0) is 15.8. The molecule has 0 bridgehead atoms. The van der Waals surface area contributed by atoms with Crippen molar-refractivity contribution < 1.29 is 19.5 Å². The highest BCUT2D eigenvalue weighted by molar-refractivity contribution is 7.98. The zero-order valence-electron chi connectivity index (χ0n) is 11.4. The third-order valence-corrected chi connectivity index (χ3v) is 3.48. The molecule has 8 nitrogen and oxygen atoms in total. The number of carbonyl (C=O) groups is 3. The molecule has 0 aliphatic rings. The molecule has 0 aromatic rings. The van der Waals surface area contributed by atoms with Crippen LogP contribution in [0.5, 0.6) is 0 Å². The molecule has 0 saturated carbocycles. The lowest BCUT2D eigenvalue weighted by molar-refractivity contribution is -0.149. The van der Waals surface area contributed by atoms with E-state index >= 15 is 0 Å². The van der Waals surface area contributed by atoms with Crippen molar-refractivity contribution in [1.29, 1.82) is 0 Å². The summed E-state index contributed by atoms with van der Waals surface area (Å²) < 4.78 is 0. The van der Waals surface area contributed by atoms with E-state index in [1.165, 1.54) is 11.8 Å². The van der Waals surface area contributed by atoms with Gasteiger partial charge in [0.15, 0.2) is 11.3 Å². The first kappa shape index (κ1) is 18.7. The van der Waals surface area contributed by atoms with Gasteiger partial charge in [-0.3, -0.25) is 4.79 Å². The van der Waals surface area contributed by atoms with Gasteiger partial charge in [-0.2, -0.15) is 11.8 Å². The number of amides is 2. The summed E-state index contributed by atoms with van der Waals surface area (Å²) in [6, 6.07) is -1.63. The van der Waals surface area contributed by atoms with Crippen LogP contribution >= 0.6 is 11.8 Å². The Morgan fingerprint density at radius 3 is 2.45 bits per heavy atom. The van der Waals surface area contributed by atoms with E-state index in [4.69, 9.17) is 22.3 Å². The number of carbonyl (C=O) groups excluding carboxylic acids is 2. The van der Waals surface area contributed by atoms with Crippen LogP contribution in [0.3, 0.4) is 0 Å². The number of Topliss-reactive ketones (excluding diaryl/α,β-unsaturated/α-hetero) is 1. The highest BCUT2D eigenvalue weighted by atomic mass is 32.2. The number of carboxylic acids is 1. The van der Waals surface area contributed by atoms with Crippen molar-refractivity contribution in [1.82, 2.24) is 5.32 Å². The van der Waals surface area contributed by atoms with Crippen molar-refractivity contribution in [2.75, 3.05) is 18.6 Å². The summed E-state index contributed by atoms with van der Waals surface area (Å²) in [6.45, 7) is 0.148. The van der Waals surface area contributed by atoms with Crippen LogP contribution in [0, 0.1) is 0 Å². The molecule has 0 heterocycles. The maximum atomic E-state index is 12.1. The summed E-state index contributed by atoms with van der Waals surface area (Å²) in [4.78, 5) is 33.8. The molecule has 0 radical (unpaired) electrons. The molecular formula is C11H22N4O4S. The molecule has 2 amide bonds. The van der Waals surface area contributed by atoms with Gasteiger partial charge in [0.1, 0.15) is 0 Å². The Morgan fingerprint density at radius 2 is 2.00 bits per heavy atom. The number of hydrogen-bond acceptors (Lipinski definition) is 6. The Balaban J connectivity index is 4.61. The lowest BCUT2D eigenvalue weighted by atomic mass is 9.85. The first-order valence-electron chi connectivity index (χ1n) is 6.10. The number of hydrogen-bond donors (Lipinski definition) is 5. The summed E-state index contributed by atoms with van der Waals surface area (Å²) in [7, 11) is 0. The maximum absolute atomic E-state index is 12.1. The summed E-state index contributed by atoms with van der Waals surface area (Å²) in [5.74, 6) is -1.47. The predicted octanol–water partition coefficient (Wildman–Crippen LogP) is -1.13. The Labute approximate surface area is 121 Å². The summed E-state index contributed by atoms with van der Waals surface area (Å²) in [6.07, 6.45) is 2.33. The molecule has 0 aliphatic carbocycles. The van der Waals surface area contributed by atoms with Gasteiger partial charge in [-0.05, 0) is 31.3 Å². The molecule has 0 aliphatic heterocycles. The fraction of sp³-hybridized carbons (Fsp3) is 0.727. The van der Waals surface area contributed by atoms with Gasteiger partial charge >= 0.3 is 12.0 Å². The van der Waals surface area contributed by atoms with E-state index in [9.17, 15) is 14.4 Å². The van der Waals surface area contributed by atoms with Crippen LogP contribution in [-0.2, 0) is 9.59 Å². The van der Waals surface area contributed by atoms with Crippen LogP contribution in [0.1, 0.15) is 19.3 Å². The van der Waals surface area contributed by atoms with Crippen LogP contribution < -0.4 is 22.5 Å². The zero-order valence-corrected chi connectivity index (χ0v) is 12.2. The monoisotopic (exact) mass is 306 g/mol. The van der Waals surface area contributed by atoms with E-state index in [0.29, 0.717) is 12.2 Å². The lowest BCUT2D eigenvalue weighted by Crippen LogP contribution is -2.60. The largest absolute Gasteiger partial charge is 0.480 e. The number of aliphatic carboxylic acids is 1. The van der Waals surface area contributed by atoms with E-state index in [-0.39, 0.29) is 19.4 Å². The van der Waals surface area contributed by atoms with E-state index < -0.39 is 29.4 Å². The molecule has 116 valence electrons. The van der Waals surface area contributed by atoms with Crippen LogP contribution in [-0.4, -0.2) is 53.0 Å². The minimum Gasteiger partial charge on any atom is -0.480 e. The number of rotatable bonds is 10. The number of carboxylic acid groups (broad SMARTS) is 1. The van der Waals surface area contributed by atoms with E-state index in [1.54, 1.807) is 0 Å². The Hall–Kier alpha value is -1.32. The molecule has 9 heteroatoms. The van der Waals surface area contributed by atoms with Gasteiger partial charge in [0.25, 0.3) is 0 Å². The van der Waals surface area contributed by atoms with Crippen LogP contribution in [0.25, 0.3) is 0 Å². The summed E-state index contributed by atoms with van der Waals surface area (Å²) in [5, 5.41) is 11.5. The Kier molecular flexibility index (Phi) is 8.19. The molecule has 0 rings (SSSR count). The fourth-order valence-electron chi connectivity index (χ4n) is 1.62.